The number of rotatable bonds is 4. The van der Waals surface area contributed by atoms with Gasteiger partial charge < -0.3 is 9.47 Å². The molecule has 0 aliphatic carbocycles. The third kappa shape index (κ3) is 3.07. The topological polar surface area (TPSA) is 139 Å². The summed E-state index contributed by atoms with van der Waals surface area (Å²) in [5.41, 5.74) is 0.0935. The number of nitrogens with zero attached hydrogens (tertiary/aromatic N) is 2. The number of nitrogens with one attached hydrogen (secondary N) is 1. The van der Waals surface area contributed by atoms with E-state index in [1.807, 2.05) is 5.32 Å². The van der Waals surface area contributed by atoms with E-state index in [1.54, 1.807) is 0 Å². The summed E-state index contributed by atoms with van der Waals surface area (Å²) in [4.78, 5) is 48.0. The van der Waals surface area contributed by atoms with Crippen molar-refractivity contribution in [3.63, 3.8) is 0 Å². The van der Waals surface area contributed by atoms with Gasteiger partial charge in [0.25, 0.3) is 11.8 Å². The summed E-state index contributed by atoms with van der Waals surface area (Å²) in [5.74, 6) is -3.16. The summed E-state index contributed by atoms with van der Waals surface area (Å²) in [6, 6.07) is 2.97. The van der Waals surface area contributed by atoms with E-state index in [1.165, 1.54) is 32.4 Å². The number of hydrogen-bond acceptors (Lipinski definition) is 8. The molecule has 1 unspecified atom stereocenters. The number of barbiturate groups is 1. The van der Waals surface area contributed by atoms with Crippen LogP contribution in [0.15, 0.2) is 18.2 Å². The Morgan fingerprint density at radius 2 is 1.70 bits per heavy atom. The number of imide groups is 2. The molecule has 1 aromatic rings. The molecular weight excluding hydrogens is 382 g/mol. The van der Waals surface area contributed by atoms with Gasteiger partial charge >= 0.3 is 6.03 Å². The Bertz CT molecular complexity index is 938. The van der Waals surface area contributed by atoms with E-state index in [0.717, 1.165) is 0 Å². The minimum absolute atomic E-state index is 0.0935. The van der Waals surface area contributed by atoms with E-state index in [0.29, 0.717) is 15.8 Å². The fraction of sp³-hybridized carbons (Fsp3) is 0.333. The zero-order valence-corrected chi connectivity index (χ0v) is 15.1. The maximum Gasteiger partial charge on any atom is 0.350 e. The number of hydrazine groups is 1. The number of ether oxygens (including phenoxy) is 2. The quantitative estimate of drug-likeness (QED) is 0.661. The van der Waals surface area contributed by atoms with Crippen LogP contribution in [0, 0.1) is 0 Å². The van der Waals surface area contributed by atoms with Crippen molar-refractivity contribution in [2.24, 2.45) is 0 Å². The van der Waals surface area contributed by atoms with E-state index in [2.05, 4.69) is 0 Å². The van der Waals surface area contributed by atoms with Gasteiger partial charge in [-0.05, 0) is 17.7 Å². The molecule has 0 saturated carbocycles. The summed E-state index contributed by atoms with van der Waals surface area (Å²) in [7, 11) is -1.33. The Morgan fingerprint density at radius 1 is 1.04 bits per heavy atom. The molecule has 11 nitrogen and oxygen atoms in total. The zero-order chi connectivity index (χ0) is 19.9. The van der Waals surface area contributed by atoms with Crippen LogP contribution in [-0.4, -0.2) is 62.2 Å². The fourth-order valence-electron chi connectivity index (χ4n) is 2.93. The first kappa shape index (κ1) is 18.6. The van der Waals surface area contributed by atoms with Crippen molar-refractivity contribution in [2.45, 2.75) is 11.8 Å². The van der Waals surface area contributed by atoms with Gasteiger partial charge in [0.2, 0.25) is 5.91 Å². The number of benzene rings is 1. The van der Waals surface area contributed by atoms with Crippen LogP contribution in [-0.2, 0) is 24.2 Å². The van der Waals surface area contributed by atoms with Crippen LogP contribution >= 0.6 is 0 Å². The van der Waals surface area contributed by atoms with Crippen molar-refractivity contribution in [1.29, 1.82) is 0 Å². The third-order valence-electron chi connectivity index (χ3n) is 4.04. The molecule has 0 aromatic heterocycles. The second kappa shape index (κ2) is 6.54. The van der Waals surface area contributed by atoms with E-state index in [4.69, 9.17) is 9.47 Å². The molecule has 144 valence electrons. The summed E-state index contributed by atoms with van der Waals surface area (Å²) in [5, 5.41) is 1.17. The predicted molar refractivity (Wildman–Crippen MR) is 87.9 cm³/mol. The monoisotopic (exact) mass is 397 g/mol. The predicted octanol–water partition coefficient (Wildman–Crippen LogP) is -0.657. The molecule has 0 bridgehead atoms. The average molecular weight is 397 g/mol. The molecule has 2 saturated heterocycles. The van der Waals surface area contributed by atoms with Gasteiger partial charge in [0, 0.05) is 0 Å². The highest BCUT2D eigenvalue weighted by molar-refractivity contribution is 7.92. The molecule has 12 heteroatoms. The van der Waals surface area contributed by atoms with Gasteiger partial charge in [-0.1, -0.05) is 6.07 Å². The van der Waals surface area contributed by atoms with Crippen LogP contribution in [0.5, 0.6) is 11.5 Å². The largest absolute Gasteiger partial charge is 0.493 e. The first-order valence-corrected chi connectivity index (χ1v) is 9.33. The number of hydrogen-bond donors (Lipinski definition) is 1. The van der Waals surface area contributed by atoms with E-state index < -0.39 is 51.1 Å². The Hall–Kier alpha value is -3.15. The Labute approximate surface area is 153 Å². The van der Waals surface area contributed by atoms with Crippen molar-refractivity contribution in [2.75, 3.05) is 20.0 Å². The lowest BCUT2D eigenvalue weighted by Gasteiger charge is -2.35. The highest BCUT2D eigenvalue weighted by Crippen LogP contribution is 2.39. The summed E-state index contributed by atoms with van der Waals surface area (Å²) >= 11 is 0. The number of urea groups is 1. The summed E-state index contributed by atoms with van der Waals surface area (Å²) < 4.78 is 35.4. The van der Waals surface area contributed by atoms with Crippen LogP contribution < -0.4 is 14.8 Å². The van der Waals surface area contributed by atoms with Crippen LogP contribution in [0.25, 0.3) is 0 Å². The number of amides is 5. The van der Waals surface area contributed by atoms with Crippen LogP contribution in [0.1, 0.15) is 17.4 Å². The molecule has 2 aliphatic heterocycles. The lowest BCUT2D eigenvalue weighted by atomic mass is 10.2. The molecule has 2 fully saturated rings. The second-order valence-corrected chi connectivity index (χ2v) is 7.81. The third-order valence-corrected chi connectivity index (χ3v) is 5.84. The molecule has 27 heavy (non-hydrogen) atoms. The molecule has 3 rings (SSSR count). The number of methoxy groups -OCH3 is 2. The van der Waals surface area contributed by atoms with E-state index >= 15 is 0 Å². The van der Waals surface area contributed by atoms with Crippen molar-refractivity contribution >= 4 is 33.6 Å². The molecule has 1 N–H and O–H groups in total. The van der Waals surface area contributed by atoms with E-state index in [-0.39, 0.29) is 11.3 Å². The zero-order valence-electron chi connectivity index (χ0n) is 14.3. The minimum atomic E-state index is -4.07. The molecule has 0 radical (unpaired) electrons. The van der Waals surface area contributed by atoms with Crippen LogP contribution in [0.3, 0.4) is 0 Å². The smallest absolute Gasteiger partial charge is 0.350 e. The minimum Gasteiger partial charge on any atom is -0.493 e. The molecule has 2 heterocycles. The van der Waals surface area contributed by atoms with Gasteiger partial charge in [-0.15, -0.1) is 0 Å². The maximum absolute atomic E-state index is 12.6. The summed E-state index contributed by atoms with van der Waals surface area (Å²) in [6.45, 7) is 0. The number of sulfone groups is 1. The molecule has 5 amide bonds. The first-order chi connectivity index (χ1) is 12.7. The lowest BCUT2D eigenvalue weighted by molar-refractivity contribution is -0.159. The normalized spacial score (nSPS) is 22.1. The van der Waals surface area contributed by atoms with Gasteiger partial charge in [-0.2, -0.15) is 5.01 Å². The highest BCUT2D eigenvalue weighted by Gasteiger charge is 2.52. The Morgan fingerprint density at radius 3 is 2.30 bits per heavy atom. The second-order valence-electron chi connectivity index (χ2n) is 5.75. The average Bonchev–Trinajstić information content (AvgIpc) is 2.82. The van der Waals surface area contributed by atoms with Crippen LogP contribution in [0.2, 0.25) is 0 Å². The fourth-order valence-corrected chi connectivity index (χ4v) is 4.64. The van der Waals surface area contributed by atoms with Crippen molar-refractivity contribution in [1.82, 2.24) is 15.3 Å². The summed E-state index contributed by atoms with van der Waals surface area (Å²) in [6.07, 6.45) is -0.686. The Balaban J connectivity index is 2.11. The van der Waals surface area contributed by atoms with Gasteiger partial charge in [0.15, 0.2) is 26.7 Å². The molecule has 1 atom stereocenters. The van der Waals surface area contributed by atoms with Crippen molar-refractivity contribution < 1.29 is 37.1 Å². The number of carbonyl (C=O) groups excluding carboxylic acids is 4. The SMILES string of the molecule is COc1ccc(C2N(N3C(=O)CC(=O)NC3=O)C(=O)CS2(=O)=O)cc1OC. The van der Waals surface area contributed by atoms with Gasteiger partial charge in [0.05, 0.1) is 14.2 Å². The molecule has 2 aliphatic rings. The van der Waals surface area contributed by atoms with Gasteiger partial charge in [0.1, 0.15) is 12.2 Å². The Kier molecular flexibility index (Phi) is 4.51. The molecule has 0 spiro atoms. The van der Waals surface area contributed by atoms with Crippen molar-refractivity contribution in [3.8, 4) is 11.5 Å². The molecular formula is C15H15N3O8S. The standard InChI is InChI=1S/C15H15N3O8S/c1-25-9-4-3-8(5-10(9)26-2)14-17(13(21)7-27(14,23)24)18-12(20)6-11(19)16-15(18)22/h3-5,14H,6-7H2,1-2H3,(H,16,19,22). The lowest BCUT2D eigenvalue weighted by Crippen LogP contribution is -2.60. The first-order valence-electron chi connectivity index (χ1n) is 7.62. The highest BCUT2D eigenvalue weighted by atomic mass is 32.2. The van der Waals surface area contributed by atoms with Gasteiger partial charge in [-0.25, -0.2) is 18.2 Å². The van der Waals surface area contributed by atoms with Crippen LogP contribution in [0.4, 0.5) is 4.79 Å². The number of carbonyl (C=O) groups is 4. The van der Waals surface area contributed by atoms with E-state index in [9.17, 15) is 27.6 Å². The van der Waals surface area contributed by atoms with Gasteiger partial charge in [-0.3, -0.25) is 19.7 Å². The van der Waals surface area contributed by atoms with Crippen molar-refractivity contribution in [3.05, 3.63) is 23.8 Å². The molecule has 1 aromatic carbocycles. The maximum atomic E-state index is 12.6.